The molecule has 0 aromatic heterocycles. The molecule has 0 radical (unpaired) electrons. The number of carbonyl (C=O) groups excluding carboxylic acids is 3. The molecular weight excluding hydrogens is 572 g/mol. The summed E-state index contributed by atoms with van der Waals surface area (Å²) in [5.41, 5.74) is 1.03. The van der Waals surface area contributed by atoms with Gasteiger partial charge in [-0.2, -0.15) is 0 Å². The fourth-order valence-electron chi connectivity index (χ4n) is 6.65. The van der Waals surface area contributed by atoms with E-state index < -0.39 is 6.10 Å². The lowest BCUT2D eigenvalue weighted by molar-refractivity contribution is -0.126. The summed E-state index contributed by atoms with van der Waals surface area (Å²) in [4.78, 5) is 39.1. The number of hydrogen-bond donors (Lipinski definition) is 1. The third-order valence-electron chi connectivity index (χ3n) is 9.57. The minimum Gasteiger partial charge on any atom is -0.442 e. The summed E-state index contributed by atoms with van der Waals surface area (Å²) in [6, 6.07) is -0.0909. The molecule has 4 saturated heterocycles. The van der Waals surface area contributed by atoms with Gasteiger partial charge in [0.25, 0.3) is 0 Å². The Morgan fingerprint density at radius 1 is 1.09 bits per heavy atom. The maximum atomic E-state index is 12.7. The molecule has 8 atom stereocenters. The van der Waals surface area contributed by atoms with Gasteiger partial charge in [0.15, 0.2) is 0 Å². The number of hydrogen-bond acceptors (Lipinski definition) is 7. The summed E-state index contributed by atoms with van der Waals surface area (Å²) >= 11 is 0. The summed E-state index contributed by atoms with van der Waals surface area (Å²) in [7, 11) is 0. The number of carbonyl (C=O) groups is 3. The first-order valence-electron chi connectivity index (χ1n) is 17.3. The largest absolute Gasteiger partial charge is 0.442 e. The highest BCUT2D eigenvalue weighted by molar-refractivity contribution is 5.87. The summed E-state index contributed by atoms with van der Waals surface area (Å²) in [5.74, 6) is 0.346. The number of piperidine rings is 1. The predicted octanol–water partition coefficient (Wildman–Crippen LogP) is 6.21. The molecule has 0 saturated carbocycles. The topological polar surface area (TPSA) is 107 Å². The van der Waals surface area contributed by atoms with Crippen LogP contribution in [0.4, 0.5) is 4.79 Å². The van der Waals surface area contributed by atoms with E-state index in [1.165, 1.54) is 6.08 Å². The zero-order valence-electron chi connectivity index (χ0n) is 28.1. The molecule has 1 N–H and O–H groups in total. The van der Waals surface area contributed by atoms with Crippen molar-refractivity contribution in [2.24, 2.45) is 5.92 Å². The van der Waals surface area contributed by atoms with Crippen LogP contribution in [0.5, 0.6) is 0 Å². The van der Waals surface area contributed by atoms with Crippen molar-refractivity contribution in [1.29, 1.82) is 0 Å². The van der Waals surface area contributed by atoms with Gasteiger partial charge in [0.2, 0.25) is 5.91 Å². The fourth-order valence-corrected chi connectivity index (χ4v) is 6.65. The molecule has 252 valence electrons. The average molecular weight is 629 g/mol. The molecule has 9 heteroatoms. The average Bonchev–Trinajstić information content (AvgIpc) is 3.76. The molecule has 1 spiro atoms. The SMILES string of the molecule is CCCCC(=O)C[C@@H]1C[C@@]2(CO2)C[C@@H](/C=C/C(C)=C/C[C@@H]2O[C@H](C)[C@H](NC(=O)/C=C\[C@H](C)OC(=O)N3CCCCC3)C[C@@H]2C)O1. The lowest BCUT2D eigenvalue weighted by Gasteiger charge is -2.39. The van der Waals surface area contributed by atoms with Gasteiger partial charge in [0.05, 0.1) is 42.7 Å². The molecule has 9 nitrogen and oxygen atoms in total. The number of unbranched alkanes of at least 4 members (excludes halogenated alkanes) is 1. The van der Waals surface area contributed by atoms with Crippen LogP contribution in [0.15, 0.2) is 36.0 Å². The van der Waals surface area contributed by atoms with Crippen molar-refractivity contribution in [3.8, 4) is 0 Å². The molecule has 4 aliphatic heterocycles. The van der Waals surface area contributed by atoms with Crippen LogP contribution in [-0.4, -0.2) is 84.5 Å². The molecule has 0 aliphatic carbocycles. The molecule has 4 fully saturated rings. The molecule has 0 bridgehead atoms. The second-order valence-corrected chi connectivity index (χ2v) is 13.8. The first-order chi connectivity index (χ1) is 21.6. The number of epoxide rings is 1. The predicted molar refractivity (Wildman–Crippen MR) is 174 cm³/mol. The Morgan fingerprint density at radius 2 is 1.84 bits per heavy atom. The first-order valence-corrected chi connectivity index (χ1v) is 17.3. The molecule has 0 unspecified atom stereocenters. The van der Waals surface area contributed by atoms with E-state index in [0.717, 1.165) is 83.1 Å². The minimum absolute atomic E-state index is 0.0541. The third kappa shape index (κ3) is 11.4. The van der Waals surface area contributed by atoms with Crippen LogP contribution in [0, 0.1) is 5.92 Å². The Labute approximate surface area is 270 Å². The third-order valence-corrected chi connectivity index (χ3v) is 9.57. The van der Waals surface area contributed by atoms with E-state index in [1.54, 1.807) is 17.9 Å². The summed E-state index contributed by atoms with van der Waals surface area (Å²) in [5, 5.41) is 3.08. The number of allylic oxidation sites excluding steroid dienone is 2. The highest BCUT2D eigenvalue weighted by atomic mass is 16.6. The van der Waals surface area contributed by atoms with Crippen LogP contribution in [0.3, 0.4) is 0 Å². The van der Waals surface area contributed by atoms with E-state index in [4.69, 9.17) is 18.9 Å². The molecule has 4 rings (SSSR count). The van der Waals surface area contributed by atoms with Crippen molar-refractivity contribution in [2.45, 2.75) is 147 Å². The van der Waals surface area contributed by atoms with E-state index in [9.17, 15) is 14.4 Å². The van der Waals surface area contributed by atoms with Gasteiger partial charge in [-0.05, 0) is 71.3 Å². The van der Waals surface area contributed by atoms with E-state index in [-0.39, 0.29) is 59.8 Å². The van der Waals surface area contributed by atoms with Gasteiger partial charge in [-0.1, -0.05) is 44.1 Å². The normalized spacial score (nSPS) is 33.0. The molecule has 0 aromatic carbocycles. The Hall–Kier alpha value is -2.49. The molecule has 4 aliphatic rings. The van der Waals surface area contributed by atoms with E-state index in [2.05, 4.69) is 44.3 Å². The Balaban J connectivity index is 1.19. The Morgan fingerprint density at radius 3 is 2.56 bits per heavy atom. The monoisotopic (exact) mass is 628 g/mol. The smallest absolute Gasteiger partial charge is 0.410 e. The van der Waals surface area contributed by atoms with E-state index >= 15 is 0 Å². The van der Waals surface area contributed by atoms with Gasteiger partial charge >= 0.3 is 6.09 Å². The fraction of sp³-hybridized carbons (Fsp3) is 0.750. The van der Waals surface area contributed by atoms with Crippen LogP contribution in [0.1, 0.15) is 105 Å². The number of nitrogens with one attached hydrogen (secondary N) is 1. The van der Waals surface area contributed by atoms with Crippen LogP contribution in [-0.2, 0) is 28.5 Å². The molecule has 0 aromatic rings. The Bertz CT molecular complexity index is 1090. The number of ketones is 1. The zero-order valence-corrected chi connectivity index (χ0v) is 28.1. The molecular formula is C36H56N2O7. The maximum absolute atomic E-state index is 12.7. The van der Waals surface area contributed by atoms with Crippen LogP contribution >= 0.6 is 0 Å². The van der Waals surface area contributed by atoms with E-state index in [1.807, 2.05) is 6.92 Å². The van der Waals surface area contributed by atoms with Gasteiger partial charge in [0, 0.05) is 44.8 Å². The quantitative estimate of drug-likeness (QED) is 0.147. The summed E-state index contributed by atoms with van der Waals surface area (Å²) in [6.45, 7) is 12.4. The minimum atomic E-state index is -0.480. The number of ether oxygens (including phenoxy) is 4. The second-order valence-electron chi connectivity index (χ2n) is 13.8. The number of nitrogens with zero attached hydrogens (tertiary/aromatic N) is 1. The van der Waals surface area contributed by atoms with Crippen LogP contribution in [0.2, 0.25) is 0 Å². The number of Topliss-reactive ketones (excluding diaryl/α,β-unsaturated/α-hetero) is 1. The van der Waals surface area contributed by atoms with Crippen molar-refractivity contribution < 1.29 is 33.3 Å². The number of likely N-dealkylation sites (tertiary alicyclic amines) is 1. The summed E-state index contributed by atoms with van der Waals surface area (Å²) < 4.78 is 23.9. The van der Waals surface area contributed by atoms with Gasteiger partial charge < -0.3 is 29.2 Å². The maximum Gasteiger partial charge on any atom is 0.410 e. The first kappa shape index (κ1) is 35.4. The molecule has 4 heterocycles. The Kier molecular flexibility index (Phi) is 13.3. The van der Waals surface area contributed by atoms with E-state index in [0.29, 0.717) is 12.8 Å². The van der Waals surface area contributed by atoms with Crippen LogP contribution < -0.4 is 5.32 Å². The lowest BCUT2D eigenvalue weighted by atomic mass is 9.88. The molecule has 45 heavy (non-hydrogen) atoms. The van der Waals surface area contributed by atoms with Crippen LogP contribution in [0.25, 0.3) is 0 Å². The number of rotatable bonds is 13. The standard InChI is InChI=1S/C36H56N2O7/c1-6-7-11-29(39)21-31-23-36(24-42-36)22-30(45-31)15-12-25(2)13-16-33-26(3)20-32(28(5)44-33)37-34(40)17-14-27(4)43-35(41)38-18-9-8-10-19-38/h12-15,17,26-28,30-33H,6-11,16,18-24H2,1-5H3,(H,37,40)/b15-12+,17-14-,25-13+/t26-,27-,28+,30+,31+,32+,33-,36+/m0/s1. The highest BCUT2D eigenvalue weighted by Gasteiger charge is 2.51. The van der Waals surface area contributed by atoms with Crippen molar-refractivity contribution in [3.63, 3.8) is 0 Å². The lowest BCUT2D eigenvalue weighted by Crippen LogP contribution is -2.50. The number of amides is 2. The van der Waals surface area contributed by atoms with Gasteiger partial charge in [-0.3, -0.25) is 9.59 Å². The van der Waals surface area contributed by atoms with Crippen molar-refractivity contribution in [3.05, 3.63) is 36.0 Å². The van der Waals surface area contributed by atoms with Crippen molar-refractivity contribution >= 4 is 17.8 Å². The van der Waals surface area contributed by atoms with Gasteiger partial charge in [-0.25, -0.2) is 4.79 Å². The molecule has 2 amide bonds. The van der Waals surface area contributed by atoms with Crippen molar-refractivity contribution in [1.82, 2.24) is 10.2 Å². The highest BCUT2D eigenvalue weighted by Crippen LogP contribution is 2.43. The second kappa shape index (κ2) is 16.9. The van der Waals surface area contributed by atoms with Crippen molar-refractivity contribution in [2.75, 3.05) is 19.7 Å². The van der Waals surface area contributed by atoms with Gasteiger partial charge in [0.1, 0.15) is 11.9 Å². The zero-order chi connectivity index (χ0) is 32.4. The summed E-state index contributed by atoms with van der Waals surface area (Å²) in [6.07, 6.45) is 18.0. The van der Waals surface area contributed by atoms with Gasteiger partial charge in [-0.15, -0.1) is 0 Å².